The second-order valence-corrected chi connectivity index (χ2v) is 10.8. The summed E-state index contributed by atoms with van der Waals surface area (Å²) in [5.41, 5.74) is 17.0. The van der Waals surface area contributed by atoms with E-state index in [4.69, 9.17) is 4.99 Å². The smallest absolute Gasteiger partial charge is 0.0671 e. The molecular weight excluding hydrogens is 422 g/mol. The molecule has 168 valence electrons. The van der Waals surface area contributed by atoms with Crippen molar-refractivity contribution in [1.29, 1.82) is 0 Å². The number of benzene rings is 4. The normalized spacial score (nSPS) is 22.8. The monoisotopic (exact) mass is 449 g/mol. The number of rotatable bonds is 1. The van der Waals surface area contributed by atoms with Crippen LogP contribution >= 0.6 is 0 Å². The van der Waals surface area contributed by atoms with Gasteiger partial charge in [-0.05, 0) is 94.1 Å². The lowest BCUT2D eigenvalue weighted by atomic mass is 9.61. The summed E-state index contributed by atoms with van der Waals surface area (Å²) in [4.78, 5) is 5.38. The van der Waals surface area contributed by atoms with Crippen molar-refractivity contribution in [1.82, 2.24) is 0 Å². The van der Waals surface area contributed by atoms with Gasteiger partial charge in [0.1, 0.15) is 0 Å². The van der Waals surface area contributed by atoms with Crippen molar-refractivity contribution in [3.63, 3.8) is 0 Å². The second-order valence-electron chi connectivity index (χ2n) is 10.8. The molecule has 35 heavy (non-hydrogen) atoms. The van der Waals surface area contributed by atoms with Gasteiger partial charge in [0.2, 0.25) is 0 Å². The molecule has 3 unspecified atom stereocenters. The fraction of sp³-hybridized carbons (Fsp3) is 0.206. The topological polar surface area (TPSA) is 12.4 Å². The van der Waals surface area contributed by atoms with Crippen LogP contribution in [0.15, 0.2) is 95.0 Å². The number of fused-ring (bicyclic) bond motifs is 6. The number of aliphatic imine (C=N–C) groups is 1. The molecule has 1 aliphatic heterocycles. The van der Waals surface area contributed by atoms with E-state index >= 15 is 0 Å². The highest BCUT2D eigenvalue weighted by Crippen LogP contribution is 2.60. The number of hydrogen-bond donors (Lipinski definition) is 0. The first kappa shape index (κ1) is 19.6. The molecule has 1 heterocycles. The van der Waals surface area contributed by atoms with Crippen LogP contribution in [0.5, 0.6) is 0 Å². The first-order valence-electron chi connectivity index (χ1n) is 12.8. The van der Waals surface area contributed by atoms with E-state index in [-0.39, 0.29) is 11.8 Å². The molecule has 0 fully saturated rings. The van der Waals surface area contributed by atoms with Gasteiger partial charge in [-0.3, -0.25) is 4.99 Å². The van der Waals surface area contributed by atoms with E-state index in [2.05, 4.69) is 99.7 Å². The summed E-state index contributed by atoms with van der Waals surface area (Å²) >= 11 is 0. The third kappa shape index (κ3) is 2.36. The minimum Gasteiger partial charge on any atom is -0.256 e. The Labute approximate surface area is 206 Å². The van der Waals surface area contributed by atoms with Crippen LogP contribution in [0.4, 0.5) is 5.69 Å². The summed E-state index contributed by atoms with van der Waals surface area (Å²) in [6.45, 7) is 6.93. The van der Waals surface area contributed by atoms with Crippen molar-refractivity contribution < 1.29 is 0 Å². The van der Waals surface area contributed by atoms with Crippen LogP contribution in [0.1, 0.15) is 68.7 Å². The molecule has 8 rings (SSSR count). The van der Waals surface area contributed by atoms with Gasteiger partial charge in [0.25, 0.3) is 0 Å². The Hall–Kier alpha value is -3.71. The highest BCUT2D eigenvalue weighted by Gasteiger charge is 2.47. The van der Waals surface area contributed by atoms with Gasteiger partial charge in [-0.15, -0.1) is 0 Å². The van der Waals surface area contributed by atoms with E-state index in [1.807, 2.05) is 0 Å². The number of para-hydroxylation sites is 1. The van der Waals surface area contributed by atoms with E-state index in [9.17, 15) is 0 Å². The Bertz CT molecular complexity index is 1700. The fourth-order valence-corrected chi connectivity index (χ4v) is 7.75. The summed E-state index contributed by atoms with van der Waals surface area (Å²) in [7, 11) is 0. The highest BCUT2D eigenvalue weighted by molar-refractivity contribution is 6.16. The first-order valence-corrected chi connectivity index (χ1v) is 12.8. The molecule has 4 aromatic rings. The third-order valence-corrected chi connectivity index (χ3v) is 8.89. The highest BCUT2D eigenvalue weighted by atomic mass is 14.8. The van der Waals surface area contributed by atoms with Gasteiger partial charge in [-0.2, -0.15) is 0 Å². The summed E-state index contributed by atoms with van der Waals surface area (Å²) in [6.07, 6.45) is 5.83. The molecule has 0 N–H and O–H groups in total. The zero-order chi connectivity index (χ0) is 23.4. The fourth-order valence-electron chi connectivity index (χ4n) is 7.75. The number of hydrogen-bond acceptors (Lipinski definition) is 1. The lowest BCUT2D eigenvalue weighted by Crippen LogP contribution is -2.31. The molecule has 0 bridgehead atoms. The molecule has 1 nitrogen and oxygen atoms in total. The Morgan fingerprint density at radius 1 is 0.686 bits per heavy atom. The van der Waals surface area contributed by atoms with E-state index < -0.39 is 0 Å². The molecule has 3 atom stereocenters. The van der Waals surface area contributed by atoms with Crippen LogP contribution in [-0.4, -0.2) is 5.71 Å². The second kappa shape index (κ2) is 6.70. The van der Waals surface area contributed by atoms with Crippen LogP contribution in [0, 0.1) is 20.8 Å². The molecule has 1 heteroatoms. The average molecular weight is 450 g/mol. The van der Waals surface area contributed by atoms with Gasteiger partial charge >= 0.3 is 0 Å². The van der Waals surface area contributed by atoms with E-state index in [1.165, 1.54) is 66.6 Å². The minimum atomic E-state index is 0.243. The number of allylic oxidation sites excluding steroid dienone is 4. The number of aryl methyl sites for hydroxylation is 3. The van der Waals surface area contributed by atoms with Crippen LogP contribution in [0.2, 0.25) is 0 Å². The lowest BCUT2D eigenvalue weighted by Gasteiger charge is -2.41. The van der Waals surface area contributed by atoms with Crippen LogP contribution < -0.4 is 0 Å². The molecule has 0 aromatic heterocycles. The summed E-state index contributed by atoms with van der Waals surface area (Å²) in [5, 5.41) is 2.96. The minimum absolute atomic E-state index is 0.243. The Morgan fingerprint density at radius 2 is 1.46 bits per heavy atom. The van der Waals surface area contributed by atoms with Gasteiger partial charge < -0.3 is 0 Å². The first-order chi connectivity index (χ1) is 17.1. The molecule has 4 aliphatic rings. The van der Waals surface area contributed by atoms with Crippen LogP contribution in [0.3, 0.4) is 0 Å². The van der Waals surface area contributed by atoms with Crippen LogP contribution in [-0.2, 0) is 0 Å². The average Bonchev–Trinajstić information content (AvgIpc) is 3.49. The van der Waals surface area contributed by atoms with Gasteiger partial charge in [-0.25, -0.2) is 0 Å². The molecule has 3 aliphatic carbocycles. The van der Waals surface area contributed by atoms with Crippen LogP contribution in [0.25, 0.3) is 10.8 Å². The van der Waals surface area contributed by atoms with Crippen molar-refractivity contribution in [2.45, 2.75) is 44.9 Å². The maximum absolute atomic E-state index is 5.38. The number of nitrogens with zero attached hydrogens (tertiary/aromatic N) is 1. The SMILES string of the molecule is Cc1cc(C)c2c(C)cc3c4c2c1C1C(=Nc2ccccc21)C4C1=C(CC=C1)C3c1ccccc1. The Kier molecular flexibility index (Phi) is 3.75. The van der Waals surface area contributed by atoms with Crippen molar-refractivity contribution in [3.05, 3.63) is 135 Å². The molecule has 0 radical (unpaired) electrons. The maximum atomic E-state index is 5.38. The lowest BCUT2D eigenvalue weighted by molar-refractivity contribution is 0.816. The van der Waals surface area contributed by atoms with Crippen molar-refractivity contribution >= 4 is 22.2 Å². The molecule has 4 aromatic carbocycles. The summed E-state index contributed by atoms with van der Waals surface area (Å²) in [6, 6.07) is 24.9. The molecule has 0 saturated heterocycles. The van der Waals surface area contributed by atoms with Gasteiger partial charge in [0.15, 0.2) is 0 Å². The van der Waals surface area contributed by atoms with Gasteiger partial charge in [0, 0.05) is 17.5 Å². The molecule has 0 amide bonds. The van der Waals surface area contributed by atoms with E-state index in [0.29, 0.717) is 5.92 Å². The summed E-state index contributed by atoms with van der Waals surface area (Å²) < 4.78 is 0. The third-order valence-electron chi connectivity index (χ3n) is 8.89. The van der Waals surface area contributed by atoms with Gasteiger partial charge in [0.05, 0.1) is 11.6 Å². The zero-order valence-electron chi connectivity index (χ0n) is 20.4. The Morgan fingerprint density at radius 3 is 2.31 bits per heavy atom. The molecule has 0 spiro atoms. The Balaban J connectivity index is 1.58. The van der Waals surface area contributed by atoms with Crippen molar-refractivity contribution in [2.75, 3.05) is 0 Å². The predicted molar refractivity (Wildman–Crippen MR) is 145 cm³/mol. The molecule has 0 saturated carbocycles. The maximum Gasteiger partial charge on any atom is 0.0671 e. The summed E-state index contributed by atoms with van der Waals surface area (Å²) in [5.74, 6) is 0.801. The largest absolute Gasteiger partial charge is 0.256 e. The zero-order valence-corrected chi connectivity index (χ0v) is 20.4. The quantitative estimate of drug-likeness (QED) is 0.276. The van der Waals surface area contributed by atoms with Crippen molar-refractivity contribution in [2.24, 2.45) is 4.99 Å². The standard InChI is InChI=1S/C34H27N/c1-18-16-19(2)28-32-24-12-7-8-15-26(24)35-34(32)31-23-14-9-13-22(23)29(21-10-5-4-6-11-21)25-17-20(3)27(18)33(28)30(25)31/h4-12,14-17,29,31-32H,13H2,1-3H3. The predicted octanol–water partition coefficient (Wildman–Crippen LogP) is 8.48. The van der Waals surface area contributed by atoms with E-state index in [0.717, 1.165) is 12.1 Å². The van der Waals surface area contributed by atoms with E-state index in [1.54, 1.807) is 5.57 Å². The molecular formula is C34H27N. The van der Waals surface area contributed by atoms with Crippen molar-refractivity contribution in [3.8, 4) is 0 Å². The van der Waals surface area contributed by atoms with Gasteiger partial charge in [-0.1, -0.05) is 78.4 Å².